The molecule has 5 N–H and O–H groups in total. The minimum Gasteiger partial charge on any atom is -0.459 e. The highest BCUT2D eigenvalue weighted by Crippen LogP contribution is 2.41. The van der Waals surface area contributed by atoms with Crippen LogP contribution in [0, 0.1) is 29.6 Å². The maximum absolute atomic E-state index is 14.3. The smallest absolute Gasteiger partial charge is 0.311 e. The van der Waals surface area contributed by atoms with Crippen LogP contribution in [0.3, 0.4) is 0 Å². The molecular formula is C40H73NO15. The van der Waals surface area contributed by atoms with Crippen LogP contribution in [0.1, 0.15) is 102 Å². The molecule has 1 unspecified atom stereocenters. The van der Waals surface area contributed by atoms with E-state index in [2.05, 4.69) is 5.16 Å². The van der Waals surface area contributed by atoms with Crippen LogP contribution in [0.15, 0.2) is 5.16 Å². The molecule has 3 saturated heterocycles. The van der Waals surface area contributed by atoms with Crippen LogP contribution in [0.4, 0.5) is 0 Å². The van der Waals surface area contributed by atoms with Gasteiger partial charge in [-0.3, -0.25) is 4.79 Å². The van der Waals surface area contributed by atoms with Gasteiger partial charge < -0.3 is 68.3 Å². The topological polar surface area (TPSA) is 214 Å². The van der Waals surface area contributed by atoms with Gasteiger partial charge in [-0.25, -0.2) is 0 Å². The van der Waals surface area contributed by atoms with Gasteiger partial charge in [0.05, 0.1) is 66.6 Å². The number of rotatable bonds is 12. The fourth-order valence-corrected chi connectivity index (χ4v) is 8.69. The third-order valence-electron chi connectivity index (χ3n) is 12.3. The lowest BCUT2D eigenvalue weighted by Crippen LogP contribution is -2.60. The summed E-state index contributed by atoms with van der Waals surface area (Å²) in [5.74, 6) is -4.26. The van der Waals surface area contributed by atoms with Crippen molar-refractivity contribution in [2.45, 2.75) is 180 Å². The number of oxime groups is 1. The molecule has 56 heavy (non-hydrogen) atoms. The summed E-state index contributed by atoms with van der Waals surface area (Å²) < 4.78 is 47.9. The molecule has 3 aliphatic heterocycles. The molecule has 3 heterocycles. The number of carbonyl (C=O) groups excluding carboxylic acids is 1. The van der Waals surface area contributed by atoms with Gasteiger partial charge in [0.2, 0.25) is 6.79 Å². The summed E-state index contributed by atoms with van der Waals surface area (Å²) in [5, 5.41) is 63.0. The highest BCUT2D eigenvalue weighted by Gasteiger charge is 2.53. The molecule has 16 heteroatoms. The molecule has 16 nitrogen and oxygen atoms in total. The lowest BCUT2D eigenvalue weighted by molar-refractivity contribution is -0.317. The Kier molecular flexibility index (Phi) is 18.0. The number of hydrogen-bond acceptors (Lipinski definition) is 16. The summed E-state index contributed by atoms with van der Waals surface area (Å²) >= 11 is 0. The monoisotopic (exact) mass is 807 g/mol. The normalized spacial score (nSPS) is 46.9. The average molecular weight is 808 g/mol. The summed E-state index contributed by atoms with van der Waals surface area (Å²) in [4.78, 5) is 19.8. The Balaban J connectivity index is 2.20. The minimum atomic E-state index is -1.96. The first-order valence-corrected chi connectivity index (χ1v) is 20.2. The number of hydrogen-bond donors (Lipinski definition) is 5. The Morgan fingerprint density at radius 1 is 0.875 bits per heavy atom. The van der Waals surface area contributed by atoms with E-state index in [0.29, 0.717) is 18.7 Å². The van der Waals surface area contributed by atoms with Crippen molar-refractivity contribution in [2.75, 3.05) is 34.2 Å². The molecule has 0 saturated carbocycles. The summed E-state index contributed by atoms with van der Waals surface area (Å²) in [7, 11) is 3.04. The molecular weight excluding hydrogens is 734 g/mol. The van der Waals surface area contributed by atoms with Crippen molar-refractivity contribution in [3.63, 3.8) is 0 Å². The predicted molar refractivity (Wildman–Crippen MR) is 204 cm³/mol. The molecule has 0 aromatic heterocycles. The Hall–Kier alpha value is -1.54. The largest absolute Gasteiger partial charge is 0.459 e. The van der Waals surface area contributed by atoms with Gasteiger partial charge in [-0.2, -0.15) is 0 Å². The third-order valence-corrected chi connectivity index (χ3v) is 12.3. The van der Waals surface area contributed by atoms with Gasteiger partial charge in [-0.05, 0) is 66.7 Å². The van der Waals surface area contributed by atoms with Gasteiger partial charge in [-0.1, -0.05) is 39.8 Å². The highest BCUT2D eigenvalue weighted by atomic mass is 16.7. The van der Waals surface area contributed by atoms with Gasteiger partial charge in [0.15, 0.2) is 12.6 Å². The maximum atomic E-state index is 14.3. The lowest BCUT2D eigenvalue weighted by atomic mass is 9.73. The first-order valence-electron chi connectivity index (χ1n) is 20.2. The Labute approximate surface area is 333 Å². The van der Waals surface area contributed by atoms with Gasteiger partial charge >= 0.3 is 5.97 Å². The quantitative estimate of drug-likeness (QED) is 0.0830. The fraction of sp³-hybridized carbons (Fsp3) is 0.950. The van der Waals surface area contributed by atoms with E-state index in [4.69, 9.17) is 42.7 Å². The van der Waals surface area contributed by atoms with E-state index >= 15 is 0 Å². The highest BCUT2D eigenvalue weighted by molar-refractivity contribution is 5.88. The van der Waals surface area contributed by atoms with Crippen LogP contribution in [0.25, 0.3) is 0 Å². The molecule has 0 bridgehead atoms. The second-order valence-corrected chi connectivity index (χ2v) is 17.2. The molecule has 3 rings (SSSR count). The Morgan fingerprint density at radius 3 is 2.14 bits per heavy atom. The first kappa shape index (κ1) is 48.8. The molecule has 0 spiro atoms. The van der Waals surface area contributed by atoms with Crippen LogP contribution in [-0.2, 0) is 47.5 Å². The van der Waals surface area contributed by atoms with E-state index in [9.17, 15) is 30.3 Å². The number of aliphatic hydroxyl groups is 5. The predicted octanol–water partition coefficient (Wildman–Crippen LogP) is 2.92. The number of carbonyl (C=O) groups is 1. The molecule has 3 aliphatic rings. The van der Waals surface area contributed by atoms with Gasteiger partial charge in [-0.15, -0.1) is 0 Å². The van der Waals surface area contributed by atoms with Crippen molar-refractivity contribution in [3.05, 3.63) is 0 Å². The minimum absolute atomic E-state index is 0.0183. The van der Waals surface area contributed by atoms with E-state index in [-0.39, 0.29) is 44.7 Å². The SMILES string of the molecule is CC[C@H]1OC(=O)[C@H](C)C(O[C@H]2C[C@@](C)(OC)[C@@H](O)[C@H](C)O2)[C@H](C)[C@@H](O[C@@H]2O[C@H](C)C[C@H](C)[C@H]2O)[C@](C)(O)C[C@@H](C)/C(=N\OCOCCOC)[C@H](C)[C@@H](O)[C@]1(C)O. The number of ether oxygens (including phenoxy) is 8. The number of nitrogens with zero attached hydrogens (tertiary/aromatic N) is 1. The third kappa shape index (κ3) is 11.6. The average Bonchev–Trinajstić information content (AvgIpc) is 3.13. The second kappa shape index (κ2) is 20.6. The van der Waals surface area contributed by atoms with E-state index in [1.807, 2.05) is 20.8 Å². The summed E-state index contributed by atoms with van der Waals surface area (Å²) in [6, 6.07) is 0. The van der Waals surface area contributed by atoms with Crippen LogP contribution in [0.5, 0.6) is 0 Å². The number of cyclic esters (lactones) is 1. The van der Waals surface area contributed by atoms with E-state index in [1.54, 1.807) is 55.6 Å². The van der Waals surface area contributed by atoms with Crippen molar-refractivity contribution in [3.8, 4) is 0 Å². The second-order valence-electron chi connectivity index (χ2n) is 17.2. The summed E-state index contributed by atoms with van der Waals surface area (Å²) in [5.41, 5.74) is -4.45. The number of esters is 1. The van der Waals surface area contributed by atoms with Crippen molar-refractivity contribution in [1.82, 2.24) is 0 Å². The standard InChI is InChI=1S/C40H73NO15/c1-14-28-40(11,47)33(43)24(5)30(41-51-20-50-16-15-48-12)22(3)18-38(9,46)35(56-37-31(42)21(2)17-23(4)52-37)25(6)32(26(7)36(45)54-28)55-29-19-39(10,49-13)34(44)27(8)53-29/h21-29,31-35,37,42-44,46-47H,14-20H2,1-13H3/b41-30+/t21-,22+,23+,24-,25-,26+,27-,28+,29-,31+,32?,33+,34-,35+,37-,38+,39+,40+/m0/s1. The van der Waals surface area contributed by atoms with Crippen molar-refractivity contribution in [2.24, 2.45) is 34.7 Å². The molecule has 0 aromatic carbocycles. The zero-order chi connectivity index (χ0) is 42.3. The fourth-order valence-electron chi connectivity index (χ4n) is 8.69. The van der Waals surface area contributed by atoms with Crippen molar-refractivity contribution >= 4 is 11.7 Å². The molecule has 18 atom stereocenters. The van der Waals surface area contributed by atoms with Crippen LogP contribution < -0.4 is 0 Å². The van der Waals surface area contributed by atoms with Crippen LogP contribution in [-0.4, -0.2) is 150 Å². The van der Waals surface area contributed by atoms with Crippen LogP contribution in [0.2, 0.25) is 0 Å². The van der Waals surface area contributed by atoms with Gasteiger partial charge in [0.25, 0.3) is 0 Å². The Bertz CT molecular complexity index is 1250. The molecule has 0 amide bonds. The van der Waals surface area contributed by atoms with Crippen molar-refractivity contribution < 1.29 is 73.1 Å². The van der Waals surface area contributed by atoms with E-state index < -0.39 is 102 Å². The summed E-state index contributed by atoms with van der Waals surface area (Å²) in [6.07, 6.45) is -9.13. The molecule has 0 aliphatic carbocycles. The zero-order valence-corrected chi connectivity index (χ0v) is 35.9. The summed E-state index contributed by atoms with van der Waals surface area (Å²) in [6.45, 7) is 19.2. The zero-order valence-electron chi connectivity index (χ0n) is 35.9. The number of aliphatic hydroxyl groups excluding tert-OH is 3. The van der Waals surface area contributed by atoms with E-state index in [0.717, 1.165) is 0 Å². The van der Waals surface area contributed by atoms with Crippen molar-refractivity contribution in [1.29, 1.82) is 0 Å². The molecule has 0 aromatic rings. The Morgan fingerprint density at radius 2 is 1.54 bits per heavy atom. The van der Waals surface area contributed by atoms with E-state index in [1.165, 1.54) is 14.0 Å². The molecule has 0 radical (unpaired) electrons. The number of methoxy groups -OCH3 is 2. The first-order chi connectivity index (χ1) is 26.1. The molecule has 3 fully saturated rings. The van der Waals surface area contributed by atoms with Crippen LogP contribution >= 0.6 is 0 Å². The van der Waals surface area contributed by atoms with Gasteiger partial charge in [0, 0.05) is 38.4 Å². The molecule has 328 valence electrons. The lowest BCUT2D eigenvalue weighted by Gasteiger charge is -2.48. The van der Waals surface area contributed by atoms with Gasteiger partial charge in [0.1, 0.15) is 23.9 Å². The maximum Gasteiger partial charge on any atom is 0.311 e.